The van der Waals surface area contributed by atoms with Gasteiger partial charge in [0.05, 0.1) is 11.7 Å². The quantitative estimate of drug-likeness (QED) is 0.751. The molecule has 1 fully saturated rings. The Morgan fingerprint density at radius 1 is 1.50 bits per heavy atom. The molecule has 5 nitrogen and oxygen atoms in total. The maximum absolute atomic E-state index is 12.4. The lowest BCUT2D eigenvalue weighted by Crippen LogP contribution is -2.31. The smallest absolute Gasteiger partial charge is 0.256 e. The summed E-state index contributed by atoms with van der Waals surface area (Å²) in [4.78, 5) is 16.0. The number of rotatable bonds is 2. The summed E-state index contributed by atoms with van der Waals surface area (Å²) >= 11 is 0. The number of amides is 1. The molecular formula is C13H19N3O2. The molecule has 0 aromatic heterocycles. The van der Waals surface area contributed by atoms with Gasteiger partial charge in [-0.05, 0) is 24.6 Å². The van der Waals surface area contributed by atoms with Gasteiger partial charge in [-0.25, -0.2) is 0 Å². The molecule has 0 radical (unpaired) electrons. The number of nitrogen functional groups attached to an aromatic ring is 1. The van der Waals surface area contributed by atoms with Crippen LogP contribution in [0.15, 0.2) is 18.2 Å². The monoisotopic (exact) mass is 249 g/mol. The van der Waals surface area contributed by atoms with Crippen molar-refractivity contribution in [2.75, 3.05) is 37.8 Å². The highest BCUT2D eigenvalue weighted by atomic mass is 16.3. The third-order valence-electron chi connectivity index (χ3n) is 3.18. The SMILES string of the molecule is CN(C)c1ccc(N)cc1C(=O)N1CCC(O)C1. The molecule has 1 unspecified atom stereocenters. The van der Waals surface area contributed by atoms with Crippen molar-refractivity contribution in [1.29, 1.82) is 0 Å². The van der Waals surface area contributed by atoms with Gasteiger partial charge in [0.25, 0.3) is 5.91 Å². The van der Waals surface area contributed by atoms with Gasteiger partial charge in [-0.3, -0.25) is 4.79 Å². The molecule has 1 aromatic carbocycles. The number of hydrogen-bond acceptors (Lipinski definition) is 4. The third-order valence-corrected chi connectivity index (χ3v) is 3.18. The summed E-state index contributed by atoms with van der Waals surface area (Å²) in [7, 11) is 3.78. The van der Waals surface area contributed by atoms with E-state index in [9.17, 15) is 9.90 Å². The molecule has 0 spiro atoms. The Labute approximate surface area is 107 Å². The molecule has 3 N–H and O–H groups in total. The van der Waals surface area contributed by atoms with Crippen molar-refractivity contribution < 1.29 is 9.90 Å². The van der Waals surface area contributed by atoms with Gasteiger partial charge in [-0.1, -0.05) is 0 Å². The Bertz CT molecular complexity index is 460. The lowest BCUT2D eigenvalue weighted by Gasteiger charge is -2.21. The van der Waals surface area contributed by atoms with E-state index in [4.69, 9.17) is 5.73 Å². The van der Waals surface area contributed by atoms with Gasteiger partial charge in [0.2, 0.25) is 0 Å². The zero-order valence-electron chi connectivity index (χ0n) is 10.8. The van der Waals surface area contributed by atoms with Crippen molar-refractivity contribution in [2.45, 2.75) is 12.5 Å². The van der Waals surface area contributed by atoms with E-state index in [0.717, 1.165) is 5.69 Å². The van der Waals surface area contributed by atoms with Crippen molar-refractivity contribution in [1.82, 2.24) is 4.90 Å². The number of carbonyl (C=O) groups excluding carboxylic acids is 1. The van der Waals surface area contributed by atoms with Crippen LogP contribution < -0.4 is 10.6 Å². The summed E-state index contributed by atoms with van der Waals surface area (Å²) in [5, 5.41) is 9.50. The van der Waals surface area contributed by atoms with E-state index in [1.165, 1.54) is 0 Å². The minimum atomic E-state index is -0.405. The average Bonchev–Trinajstić information content (AvgIpc) is 2.74. The summed E-state index contributed by atoms with van der Waals surface area (Å²) in [5.41, 5.74) is 7.76. The first kappa shape index (κ1) is 12.7. The van der Waals surface area contributed by atoms with Crippen LogP contribution in [0.3, 0.4) is 0 Å². The average molecular weight is 249 g/mol. The first-order chi connectivity index (χ1) is 8.49. The Balaban J connectivity index is 2.31. The standard InChI is InChI=1S/C13H19N3O2/c1-15(2)12-4-3-9(14)7-11(12)13(18)16-6-5-10(17)8-16/h3-4,7,10,17H,5-6,8,14H2,1-2H3. The number of aliphatic hydroxyl groups is 1. The predicted octanol–water partition coefficient (Wildman–Crippen LogP) is 0.542. The van der Waals surface area contributed by atoms with E-state index in [-0.39, 0.29) is 5.91 Å². The number of carbonyl (C=O) groups is 1. The number of likely N-dealkylation sites (tertiary alicyclic amines) is 1. The number of nitrogens with zero attached hydrogens (tertiary/aromatic N) is 2. The van der Waals surface area contributed by atoms with Crippen LogP contribution >= 0.6 is 0 Å². The molecule has 18 heavy (non-hydrogen) atoms. The molecular weight excluding hydrogens is 230 g/mol. The van der Waals surface area contributed by atoms with E-state index in [1.807, 2.05) is 25.1 Å². The molecule has 1 heterocycles. The molecule has 0 aliphatic carbocycles. The molecule has 2 rings (SSSR count). The van der Waals surface area contributed by atoms with Crippen molar-refractivity contribution in [3.63, 3.8) is 0 Å². The second-order valence-corrected chi connectivity index (χ2v) is 4.86. The molecule has 1 aromatic rings. The Morgan fingerprint density at radius 3 is 2.78 bits per heavy atom. The normalized spacial score (nSPS) is 19.1. The topological polar surface area (TPSA) is 69.8 Å². The van der Waals surface area contributed by atoms with Gasteiger partial charge in [-0.15, -0.1) is 0 Å². The number of benzene rings is 1. The van der Waals surface area contributed by atoms with Crippen LogP contribution in [-0.2, 0) is 0 Å². The van der Waals surface area contributed by atoms with Crippen LogP contribution in [0.1, 0.15) is 16.8 Å². The van der Waals surface area contributed by atoms with Gasteiger partial charge in [-0.2, -0.15) is 0 Å². The molecule has 1 atom stereocenters. The summed E-state index contributed by atoms with van der Waals surface area (Å²) in [6.07, 6.45) is 0.239. The second kappa shape index (κ2) is 4.86. The largest absolute Gasteiger partial charge is 0.399 e. The summed E-state index contributed by atoms with van der Waals surface area (Å²) < 4.78 is 0. The molecule has 1 aliphatic heterocycles. The first-order valence-electron chi connectivity index (χ1n) is 6.03. The maximum atomic E-state index is 12.4. The van der Waals surface area contributed by atoms with Crippen molar-refractivity contribution >= 4 is 17.3 Å². The van der Waals surface area contributed by atoms with E-state index in [0.29, 0.717) is 30.8 Å². The summed E-state index contributed by atoms with van der Waals surface area (Å²) in [5.74, 6) is -0.0671. The van der Waals surface area contributed by atoms with E-state index < -0.39 is 6.10 Å². The van der Waals surface area contributed by atoms with E-state index in [2.05, 4.69) is 0 Å². The van der Waals surface area contributed by atoms with Crippen LogP contribution in [0.25, 0.3) is 0 Å². The first-order valence-corrected chi connectivity index (χ1v) is 6.03. The Kier molecular flexibility index (Phi) is 3.43. The van der Waals surface area contributed by atoms with E-state index >= 15 is 0 Å². The lowest BCUT2D eigenvalue weighted by atomic mass is 10.1. The highest BCUT2D eigenvalue weighted by Gasteiger charge is 2.27. The molecule has 0 bridgehead atoms. The molecule has 5 heteroatoms. The lowest BCUT2D eigenvalue weighted by molar-refractivity contribution is 0.0765. The fraction of sp³-hybridized carbons (Fsp3) is 0.462. The van der Waals surface area contributed by atoms with Gasteiger partial charge < -0.3 is 20.6 Å². The van der Waals surface area contributed by atoms with Crippen LogP contribution in [0.2, 0.25) is 0 Å². The third kappa shape index (κ3) is 2.41. The van der Waals surface area contributed by atoms with Gasteiger partial charge in [0, 0.05) is 38.6 Å². The van der Waals surface area contributed by atoms with Crippen molar-refractivity contribution in [3.05, 3.63) is 23.8 Å². The predicted molar refractivity (Wildman–Crippen MR) is 71.7 cm³/mol. The maximum Gasteiger partial charge on any atom is 0.256 e. The molecule has 1 amide bonds. The zero-order chi connectivity index (χ0) is 13.3. The van der Waals surface area contributed by atoms with E-state index in [1.54, 1.807) is 17.0 Å². The Hall–Kier alpha value is -1.75. The number of aliphatic hydroxyl groups excluding tert-OH is 1. The molecule has 1 aliphatic rings. The van der Waals surface area contributed by atoms with Crippen LogP contribution in [-0.4, -0.2) is 49.2 Å². The fourth-order valence-corrected chi connectivity index (χ4v) is 2.21. The van der Waals surface area contributed by atoms with Crippen LogP contribution in [0, 0.1) is 0 Å². The fourth-order valence-electron chi connectivity index (χ4n) is 2.21. The van der Waals surface area contributed by atoms with Crippen molar-refractivity contribution in [2.24, 2.45) is 0 Å². The molecule has 1 saturated heterocycles. The van der Waals surface area contributed by atoms with Gasteiger partial charge in [0.15, 0.2) is 0 Å². The minimum Gasteiger partial charge on any atom is -0.399 e. The number of nitrogens with two attached hydrogens (primary N) is 1. The summed E-state index contributed by atoms with van der Waals surface area (Å²) in [6, 6.07) is 5.32. The van der Waals surface area contributed by atoms with Gasteiger partial charge >= 0.3 is 0 Å². The minimum absolute atomic E-state index is 0.0671. The highest BCUT2D eigenvalue weighted by molar-refractivity contribution is 6.00. The van der Waals surface area contributed by atoms with Crippen LogP contribution in [0.5, 0.6) is 0 Å². The zero-order valence-corrected chi connectivity index (χ0v) is 10.8. The second-order valence-electron chi connectivity index (χ2n) is 4.86. The van der Waals surface area contributed by atoms with Crippen LogP contribution in [0.4, 0.5) is 11.4 Å². The molecule has 0 saturated carbocycles. The van der Waals surface area contributed by atoms with Gasteiger partial charge in [0.1, 0.15) is 0 Å². The number of hydrogen-bond donors (Lipinski definition) is 2. The summed E-state index contributed by atoms with van der Waals surface area (Å²) in [6.45, 7) is 1.00. The van der Waals surface area contributed by atoms with Crippen molar-refractivity contribution in [3.8, 4) is 0 Å². The molecule has 98 valence electrons. The Morgan fingerprint density at radius 2 is 2.22 bits per heavy atom. The highest BCUT2D eigenvalue weighted by Crippen LogP contribution is 2.24. The number of β-amino-alcohol motifs (C(OH)–C–C–N with tert-alkyl or cyclic N) is 1. The number of anilines is 2.